The first-order valence-corrected chi connectivity index (χ1v) is 8.77. The molecule has 0 radical (unpaired) electrons. The number of aromatic carboxylic acids is 1. The van der Waals surface area contributed by atoms with E-state index in [1.165, 1.54) is 28.8 Å². The highest BCUT2D eigenvalue weighted by molar-refractivity contribution is 7.99. The fourth-order valence-electron chi connectivity index (χ4n) is 2.55. The molecule has 1 aliphatic heterocycles. The number of carboxylic acids is 1. The molecule has 0 saturated heterocycles. The second-order valence-electron chi connectivity index (χ2n) is 6.74. The van der Waals surface area contributed by atoms with E-state index < -0.39 is 17.7 Å². The van der Waals surface area contributed by atoms with Crippen LogP contribution in [0.25, 0.3) is 0 Å². The topological polar surface area (TPSA) is 76.1 Å². The molecule has 2 aromatic carbocycles. The summed E-state index contributed by atoms with van der Waals surface area (Å²) in [5.41, 5.74) is 0.538. The van der Waals surface area contributed by atoms with E-state index in [1.54, 1.807) is 46.1 Å². The first-order chi connectivity index (χ1) is 12.2. The summed E-state index contributed by atoms with van der Waals surface area (Å²) in [5, 5.41) is 9.30. The van der Waals surface area contributed by atoms with Crippen LogP contribution in [-0.2, 0) is 4.74 Å². The molecule has 2 aromatic rings. The molecule has 0 aliphatic carbocycles. The molecular weight excluding hydrogens is 354 g/mol. The second kappa shape index (κ2) is 6.57. The normalized spacial score (nSPS) is 12.8. The summed E-state index contributed by atoms with van der Waals surface area (Å²) in [7, 11) is 1.58. The van der Waals surface area contributed by atoms with Gasteiger partial charge in [0.15, 0.2) is 0 Å². The Balaban J connectivity index is 2.15. The summed E-state index contributed by atoms with van der Waals surface area (Å²) in [6.45, 7) is 5.35. The lowest BCUT2D eigenvalue weighted by atomic mass is 10.1. The molecule has 7 heteroatoms. The van der Waals surface area contributed by atoms with Crippen molar-refractivity contribution in [1.82, 2.24) is 0 Å². The first kappa shape index (κ1) is 18.1. The molecule has 1 amide bonds. The Hall–Kier alpha value is -2.67. The minimum absolute atomic E-state index is 0.106. The lowest BCUT2D eigenvalue weighted by molar-refractivity contribution is 0.0595. The number of carbonyl (C=O) groups excluding carboxylic acids is 1. The number of hydrogen-bond acceptors (Lipinski definition) is 5. The smallest absolute Gasteiger partial charge is 0.419 e. The van der Waals surface area contributed by atoms with Crippen molar-refractivity contribution in [3.63, 3.8) is 0 Å². The number of anilines is 2. The highest BCUT2D eigenvalue weighted by Gasteiger charge is 2.32. The summed E-state index contributed by atoms with van der Waals surface area (Å²) < 4.78 is 10.8. The lowest BCUT2D eigenvalue weighted by Crippen LogP contribution is -2.35. The van der Waals surface area contributed by atoms with Crippen LogP contribution in [0, 0.1) is 0 Å². The van der Waals surface area contributed by atoms with Crippen molar-refractivity contribution in [3.05, 3.63) is 42.0 Å². The molecule has 0 atom stereocenters. The van der Waals surface area contributed by atoms with Gasteiger partial charge < -0.3 is 14.6 Å². The van der Waals surface area contributed by atoms with E-state index in [1.807, 2.05) is 6.07 Å². The van der Waals surface area contributed by atoms with E-state index in [4.69, 9.17) is 9.47 Å². The number of benzene rings is 2. The van der Waals surface area contributed by atoms with Crippen LogP contribution >= 0.6 is 11.8 Å². The van der Waals surface area contributed by atoms with Gasteiger partial charge in [-0.25, -0.2) is 14.5 Å². The molecule has 0 fully saturated rings. The monoisotopic (exact) mass is 373 g/mol. The van der Waals surface area contributed by atoms with Gasteiger partial charge in [-0.15, -0.1) is 0 Å². The maximum atomic E-state index is 12.9. The predicted octanol–water partition coefficient (Wildman–Crippen LogP) is 4.93. The van der Waals surface area contributed by atoms with Crippen LogP contribution in [0.15, 0.2) is 46.2 Å². The Morgan fingerprint density at radius 2 is 1.77 bits per heavy atom. The number of methoxy groups -OCH3 is 1. The maximum absolute atomic E-state index is 12.9. The predicted molar refractivity (Wildman–Crippen MR) is 98.9 cm³/mol. The van der Waals surface area contributed by atoms with Crippen LogP contribution in [0.2, 0.25) is 0 Å². The largest absolute Gasteiger partial charge is 0.497 e. The van der Waals surface area contributed by atoms with Gasteiger partial charge in [-0.1, -0.05) is 11.8 Å². The van der Waals surface area contributed by atoms with Crippen molar-refractivity contribution in [2.45, 2.75) is 36.2 Å². The summed E-state index contributed by atoms with van der Waals surface area (Å²) >= 11 is 1.45. The van der Waals surface area contributed by atoms with Gasteiger partial charge >= 0.3 is 12.1 Å². The third-order valence-electron chi connectivity index (χ3n) is 3.65. The highest BCUT2D eigenvalue weighted by Crippen LogP contribution is 2.49. The maximum Gasteiger partial charge on any atom is 0.419 e. The molecule has 6 nitrogen and oxygen atoms in total. The third-order valence-corrected chi connectivity index (χ3v) is 4.76. The third kappa shape index (κ3) is 3.48. The van der Waals surface area contributed by atoms with Gasteiger partial charge in [0.2, 0.25) is 0 Å². The van der Waals surface area contributed by atoms with E-state index >= 15 is 0 Å². The second-order valence-corrected chi connectivity index (χ2v) is 7.82. The van der Waals surface area contributed by atoms with Crippen molar-refractivity contribution in [2.24, 2.45) is 0 Å². The van der Waals surface area contributed by atoms with Crippen LogP contribution in [-0.4, -0.2) is 29.9 Å². The highest BCUT2D eigenvalue weighted by atomic mass is 32.2. The summed E-state index contributed by atoms with van der Waals surface area (Å²) in [6.07, 6.45) is -0.562. The van der Waals surface area contributed by atoms with Gasteiger partial charge in [0, 0.05) is 9.79 Å². The van der Waals surface area contributed by atoms with Gasteiger partial charge in [0.1, 0.15) is 11.4 Å². The fourth-order valence-corrected chi connectivity index (χ4v) is 3.62. The zero-order chi connectivity index (χ0) is 19.1. The standard InChI is InChI=1S/C19H19NO5S/c1-19(2,3)25-18(23)20-13-7-6-12(24-4)10-16(13)26-15-8-5-11(17(21)22)9-14(15)20/h5-10H,1-4H3,(H,21,22). The average molecular weight is 373 g/mol. The van der Waals surface area contributed by atoms with Crippen molar-refractivity contribution in [2.75, 3.05) is 12.0 Å². The van der Waals surface area contributed by atoms with Gasteiger partial charge in [0.05, 0.1) is 24.0 Å². The van der Waals surface area contributed by atoms with Crippen LogP contribution < -0.4 is 9.64 Å². The zero-order valence-corrected chi connectivity index (χ0v) is 15.7. The molecule has 26 heavy (non-hydrogen) atoms. The SMILES string of the molecule is COc1ccc2c(c1)Sc1ccc(C(=O)O)cc1N2C(=O)OC(C)(C)C. The molecule has 0 saturated carbocycles. The van der Waals surface area contributed by atoms with E-state index in [9.17, 15) is 14.7 Å². The molecule has 0 spiro atoms. The molecule has 0 aromatic heterocycles. The van der Waals surface area contributed by atoms with Crippen LogP contribution in [0.5, 0.6) is 5.75 Å². The number of rotatable bonds is 2. The molecule has 0 unspecified atom stereocenters. The van der Waals surface area contributed by atoms with Crippen LogP contribution in [0.1, 0.15) is 31.1 Å². The average Bonchev–Trinajstić information content (AvgIpc) is 2.56. The Labute approximate surface area is 155 Å². The number of carboxylic acid groups (broad SMARTS) is 1. The number of carbonyl (C=O) groups is 2. The Kier molecular flexibility index (Phi) is 4.58. The molecule has 136 valence electrons. The van der Waals surface area contributed by atoms with Gasteiger partial charge in [0.25, 0.3) is 0 Å². The van der Waals surface area contributed by atoms with Crippen molar-refractivity contribution in [1.29, 1.82) is 0 Å². The molecule has 1 aliphatic rings. The Bertz CT molecular complexity index is 888. The molecule has 1 N–H and O–H groups in total. The molecule has 3 rings (SSSR count). The van der Waals surface area contributed by atoms with E-state index in [0.717, 1.165) is 9.79 Å². The summed E-state index contributed by atoms with van der Waals surface area (Å²) in [6, 6.07) is 10.1. The first-order valence-electron chi connectivity index (χ1n) is 7.96. The zero-order valence-electron chi connectivity index (χ0n) is 14.9. The lowest BCUT2D eigenvalue weighted by Gasteiger charge is -2.33. The molecule has 1 heterocycles. The quantitative estimate of drug-likeness (QED) is 0.804. The Morgan fingerprint density at radius 1 is 1.04 bits per heavy atom. The van der Waals surface area contributed by atoms with Crippen molar-refractivity contribution < 1.29 is 24.2 Å². The summed E-state index contributed by atoms with van der Waals surface area (Å²) in [5.74, 6) is -0.381. The number of nitrogens with zero attached hydrogens (tertiary/aromatic N) is 1. The number of amides is 1. The van der Waals surface area contributed by atoms with E-state index in [-0.39, 0.29) is 5.56 Å². The van der Waals surface area contributed by atoms with Crippen molar-refractivity contribution in [3.8, 4) is 5.75 Å². The number of fused-ring (bicyclic) bond motifs is 2. The van der Waals surface area contributed by atoms with Crippen LogP contribution in [0.3, 0.4) is 0 Å². The van der Waals surface area contributed by atoms with Crippen LogP contribution in [0.4, 0.5) is 16.2 Å². The minimum Gasteiger partial charge on any atom is -0.497 e. The van der Waals surface area contributed by atoms with E-state index in [2.05, 4.69) is 0 Å². The summed E-state index contributed by atoms with van der Waals surface area (Å²) in [4.78, 5) is 27.3. The molecular formula is C19H19NO5S. The Morgan fingerprint density at radius 3 is 2.38 bits per heavy atom. The number of ether oxygens (including phenoxy) is 2. The molecule has 0 bridgehead atoms. The van der Waals surface area contributed by atoms with E-state index in [0.29, 0.717) is 17.1 Å². The van der Waals surface area contributed by atoms with Gasteiger partial charge in [-0.3, -0.25) is 0 Å². The van der Waals surface area contributed by atoms with Gasteiger partial charge in [-0.05, 0) is 57.2 Å². The number of hydrogen-bond donors (Lipinski definition) is 1. The minimum atomic E-state index is -1.05. The van der Waals surface area contributed by atoms with Crippen molar-refractivity contribution >= 4 is 35.2 Å². The van der Waals surface area contributed by atoms with Gasteiger partial charge in [-0.2, -0.15) is 0 Å². The fraction of sp³-hybridized carbons (Fsp3) is 0.263.